The van der Waals surface area contributed by atoms with Crippen LogP contribution in [0.1, 0.15) is 42.6 Å². The number of hydrogen-bond acceptors (Lipinski definition) is 1. The van der Waals surface area contributed by atoms with Gasteiger partial charge in [-0.25, -0.2) is 0 Å². The van der Waals surface area contributed by atoms with Crippen molar-refractivity contribution < 1.29 is 4.79 Å². The molecule has 130 valence electrons. The zero-order valence-electron chi connectivity index (χ0n) is 14.2. The molecule has 3 nitrogen and oxygen atoms in total. The van der Waals surface area contributed by atoms with E-state index in [1.807, 2.05) is 36.5 Å². The van der Waals surface area contributed by atoms with E-state index in [1.54, 1.807) is 0 Å². The van der Waals surface area contributed by atoms with Gasteiger partial charge in [-0.05, 0) is 85.1 Å². The predicted molar refractivity (Wildman–Crippen MR) is 99.5 cm³/mol. The Morgan fingerprint density at radius 1 is 0.960 bits per heavy atom. The highest BCUT2D eigenvalue weighted by atomic mass is 35.5. The highest BCUT2D eigenvalue weighted by molar-refractivity contribution is 6.30. The van der Waals surface area contributed by atoms with Crippen LogP contribution < -0.4 is 5.32 Å². The SMILES string of the molecule is O=C(NC1C2CC3CC(C2)CC1C3)c1cc(-c2ccc(Cl)cc2)c[nH]1. The zero-order chi connectivity index (χ0) is 17.0. The monoisotopic (exact) mass is 354 g/mol. The number of H-pyrrole nitrogens is 1. The lowest BCUT2D eigenvalue weighted by molar-refractivity contribution is -0.0120. The molecule has 1 aromatic carbocycles. The van der Waals surface area contributed by atoms with Crippen molar-refractivity contribution in [2.45, 2.75) is 38.1 Å². The third-order valence-electron chi connectivity index (χ3n) is 6.63. The lowest BCUT2D eigenvalue weighted by Crippen LogP contribution is -2.55. The van der Waals surface area contributed by atoms with Gasteiger partial charge in [0.05, 0.1) is 0 Å². The molecule has 2 N–H and O–H groups in total. The molecule has 4 heteroatoms. The quantitative estimate of drug-likeness (QED) is 0.809. The first kappa shape index (κ1) is 15.5. The lowest BCUT2D eigenvalue weighted by Gasteiger charge is -2.54. The zero-order valence-corrected chi connectivity index (χ0v) is 14.9. The Hall–Kier alpha value is -1.74. The summed E-state index contributed by atoms with van der Waals surface area (Å²) in [5.74, 6) is 3.30. The van der Waals surface area contributed by atoms with E-state index in [9.17, 15) is 4.79 Å². The Bertz CT molecular complexity index is 766. The third-order valence-corrected chi connectivity index (χ3v) is 6.88. The maximum Gasteiger partial charge on any atom is 0.267 e. The van der Waals surface area contributed by atoms with E-state index in [0.29, 0.717) is 23.6 Å². The van der Waals surface area contributed by atoms with E-state index in [1.165, 1.54) is 32.1 Å². The molecule has 0 radical (unpaired) electrons. The number of rotatable bonds is 3. The smallest absolute Gasteiger partial charge is 0.267 e. The van der Waals surface area contributed by atoms with Gasteiger partial charge in [-0.1, -0.05) is 23.7 Å². The molecule has 4 saturated carbocycles. The highest BCUT2D eigenvalue weighted by Crippen LogP contribution is 2.53. The van der Waals surface area contributed by atoms with Crippen LogP contribution >= 0.6 is 11.6 Å². The molecule has 25 heavy (non-hydrogen) atoms. The first-order chi connectivity index (χ1) is 12.2. The summed E-state index contributed by atoms with van der Waals surface area (Å²) in [4.78, 5) is 15.9. The highest BCUT2D eigenvalue weighted by Gasteiger charge is 2.48. The summed E-state index contributed by atoms with van der Waals surface area (Å²) in [5, 5.41) is 4.08. The van der Waals surface area contributed by atoms with Crippen LogP contribution in [-0.4, -0.2) is 16.9 Å². The summed E-state index contributed by atoms with van der Waals surface area (Å²) in [5.41, 5.74) is 2.74. The molecule has 0 unspecified atom stereocenters. The molecular weight excluding hydrogens is 332 g/mol. The molecule has 0 spiro atoms. The van der Waals surface area contributed by atoms with Crippen molar-refractivity contribution in [3.63, 3.8) is 0 Å². The summed E-state index contributed by atoms with van der Waals surface area (Å²) in [6.07, 6.45) is 8.61. The molecule has 4 bridgehead atoms. The Kier molecular flexibility index (Phi) is 3.67. The van der Waals surface area contributed by atoms with Crippen LogP contribution in [0.15, 0.2) is 36.5 Å². The fraction of sp³-hybridized carbons (Fsp3) is 0.476. The van der Waals surface area contributed by atoms with E-state index in [4.69, 9.17) is 11.6 Å². The number of carbonyl (C=O) groups excluding carboxylic acids is 1. The Labute approximate surface area is 153 Å². The van der Waals surface area contributed by atoms with Crippen LogP contribution in [0, 0.1) is 23.7 Å². The molecule has 6 rings (SSSR count). The fourth-order valence-corrected chi connectivity index (χ4v) is 5.85. The minimum absolute atomic E-state index is 0.0395. The molecule has 0 atom stereocenters. The van der Waals surface area contributed by atoms with Gasteiger partial charge >= 0.3 is 0 Å². The lowest BCUT2D eigenvalue weighted by atomic mass is 9.54. The molecule has 1 amide bonds. The van der Waals surface area contributed by atoms with E-state index in [2.05, 4.69) is 10.3 Å². The number of carbonyl (C=O) groups is 1. The van der Waals surface area contributed by atoms with Gasteiger partial charge < -0.3 is 10.3 Å². The Balaban J connectivity index is 1.31. The Morgan fingerprint density at radius 3 is 2.24 bits per heavy atom. The second-order valence-electron chi connectivity index (χ2n) is 8.24. The molecular formula is C21H23ClN2O. The summed E-state index contributed by atoms with van der Waals surface area (Å²) in [7, 11) is 0. The average Bonchev–Trinajstić information content (AvgIpc) is 3.08. The summed E-state index contributed by atoms with van der Waals surface area (Å²) < 4.78 is 0. The van der Waals surface area contributed by atoms with Gasteiger partial charge in [-0.3, -0.25) is 4.79 Å². The third kappa shape index (κ3) is 2.79. The first-order valence-corrected chi connectivity index (χ1v) is 9.78. The van der Waals surface area contributed by atoms with Gasteiger partial charge in [0.2, 0.25) is 0 Å². The van der Waals surface area contributed by atoms with Crippen molar-refractivity contribution in [3.05, 3.63) is 47.2 Å². The van der Waals surface area contributed by atoms with Gasteiger partial charge in [0.1, 0.15) is 5.69 Å². The first-order valence-electron chi connectivity index (χ1n) is 9.41. The second kappa shape index (κ2) is 5.91. The molecule has 4 aliphatic carbocycles. The molecule has 0 saturated heterocycles. The molecule has 2 aromatic rings. The number of amides is 1. The van der Waals surface area contributed by atoms with Crippen molar-refractivity contribution in [1.82, 2.24) is 10.3 Å². The molecule has 0 aliphatic heterocycles. The van der Waals surface area contributed by atoms with E-state index < -0.39 is 0 Å². The van der Waals surface area contributed by atoms with E-state index >= 15 is 0 Å². The van der Waals surface area contributed by atoms with E-state index in [-0.39, 0.29) is 5.91 Å². The van der Waals surface area contributed by atoms with Gasteiger partial charge in [0.15, 0.2) is 0 Å². The van der Waals surface area contributed by atoms with Crippen LogP contribution in [0.25, 0.3) is 11.1 Å². The van der Waals surface area contributed by atoms with Crippen LogP contribution in [0.4, 0.5) is 0 Å². The van der Waals surface area contributed by atoms with Crippen LogP contribution in [0.2, 0.25) is 5.02 Å². The van der Waals surface area contributed by atoms with Crippen molar-refractivity contribution in [2.75, 3.05) is 0 Å². The maximum absolute atomic E-state index is 12.8. The number of hydrogen-bond donors (Lipinski definition) is 2. The van der Waals surface area contributed by atoms with Crippen LogP contribution in [0.5, 0.6) is 0 Å². The van der Waals surface area contributed by atoms with Gasteiger partial charge in [-0.15, -0.1) is 0 Å². The van der Waals surface area contributed by atoms with E-state index in [0.717, 1.165) is 28.0 Å². The summed E-state index contributed by atoms with van der Waals surface area (Å²) in [6, 6.07) is 10.0. The Morgan fingerprint density at radius 2 is 1.60 bits per heavy atom. The van der Waals surface area contributed by atoms with Crippen LogP contribution in [0.3, 0.4) is 0 Å². The number of benzene rings is 1. The van der Waals surface area contributed by atoms with Crippen molar-refractivity contribution in [1.29, 1.82) is 0 Å². The van der Waals surface area contributed by atoms with Crippen molar-refractivity contribution in [2.24, 2.45) is 23.7 Å². The predicted octanol–water partition coefficient (Wildman–Crippen LogP) is 4.89. The number of nitrogens with one attached hydrogen (secondary N) is 2. The molecule has 4 fully saturated rings. The number of halogens is 1. The van der Waals surface area contributed by atoms with Crippen molar-refractivity contribution in [3.8, 4) is 11.1 Å². The maximum atomic E-state index is 12.8. The second-order valence-corrected chi connectivity index (χ2v) is 8.68. The average molecular weight is 355 g/mol. The van der Waals surface area contributed by atoms with Gasteiger partial charge in [-0.2, -0.15) is 0 Å². The molecule has 1 heterocycles. The number of aromatic nitrogens is 1. The van der Waals surface area contributed by atoms with Gasteiger partial charge in [0, 0.05) is 17.3 Å². The molecule has 1 aromatic heterocycles. The minimum Gasteiger partial charge on any atom is -0.357 e. The molecule has 4 aliphatic rings. The number of aromatic amines is 1. The summed E-state index contributed by atoms with van der Waals surface area (Å²) in [6.45, 7) is 0. The van der Waals surface area contributed by atoms with Gasteiger partial charge in [0.25, 0.3) is 5.91 Å². The minimum atomic E-state index is 0.0395. The standard InChI is InChI=1S/C21H23ClN2O/c22-18-3-1-14(2-4-18)17-10-19(23-11-17)21(25)24-20-15-6-12-5-13(8-15)9-16(20)7-12/h1-4,10-13,15-16,20,23H,5-9H2,(H,24,25). The topological polar surface area (TPSA) is 44.9 Å². The van der Waals surface area contributed by atoms with Crippen molar-refractivity contribution >= 4 is 17.5 Å². The van der Waals surface area contributed by atoms with Crippen LogP contribution in [-0.2, 0) is 0 Å². The largest absolute Gasteiger partial charge is 0.357 e. The summed E-state index contributed by atoms with van der Waals surface area (Å²) >= 11 is 5.95. The fourth-order valence-electron chi connectivity index (χ4n) is 5.72. The normalized spacial score (nSPS) is 32.8.